The first kappa shape index (κ1) is 69.4. The minimum absolute atomic E-state index is 0.0180. The zero-order valence-corrected chi connectivity index (χ0v) is 51.9. The lowest BCUT2D eigenvalue weighted by molar-refractivity contribution is -0.142. The fourth-order valence-corrected chi connectivity index (χ4v) is 11.2. The molecule has 92 heavy (non-hydrogen) atoms. The predicted molar refractivity (Wildman–Crippen MR) is 341 cm³/mol. The number of guanidine groups is 2. The van der Waals surface area contributed by atoms with Crippen molar-refractivity contribution in [2.75, 3.05) is 32.8 Å². The molecule has 2 aliphatic rings. The van der Waals surface area contributed by atoms with E-state index in [4.69, 9.17) is 22.9 Å². The highest BCUT2D eigenvalue weighted by molar-refractivity contribution is 6.00. The van der Waals surface area contributed by atoms with E-state index in [1.807, 2.05) is 26.0 Å². The number of aliphatic hydroxyl groups excluding tert-OH is 1. The number of aromatic amines is 3. The summed E-state index contributed by atoms with van der Waals surface area (Å²) in [6.07, 6.45) is 7.33. The van der Waals surface area contributed by atoms with Crippen LogP contribution < -0.4 is 70.8 Å². The Kier molecular flexibility index (Phi) is 25.4. The van der Waals surface area contributed by atoms with E-state index in [1.54, 1.807) is 55.7 Å². The molecule has 2 aromatic carbocycles. The van der Waals surface area contributed by atoms with Gasteiger partial charge < -0.3 is 95.7 Å². The normalized spacial score (nSPS) is 16.8. The molecular weight excluding hydrogens is 1190 g/mol. The maximum atomic E-state index is 15.0. The molecule has 2 aliphatic heterocycles. The van der Waals surface area contributed by atoms with E-state index in [2.05, 4.69) is 77.8 Å². The Morgan fingerprint density at radius 2 is 1.13 bits per heavy atom. The number of para-hydroxylation sites is 2. The van der Waals surface area contributed by atoms with Gasteiger partial charge in [0.05, 0.1) is 12.9 Å². The van der Waals surface area contributed by atoms with E-state index in [9.17, 15) is 48.3 Å². The molecule has 2 fully saturated rings. The molecule has 5 heterocycles. The number of carbonyl (C=O) groups excluding carboxylic acids is 10. The monoisotopic (exact) mass is 1270 g/mol. The van der Waals surface area contributed by atoms with Crippen molar-refractivity contribution in [2.24, 2.45) is 38.8 Å². The molecular formula is C61H86N20O11. The van der Waals surface area contributed by atoms with E-state index in [1.165, 1.54) is 17.4 Å². The Morgan fingerprint density at radius 1 is 0.630 bits per heavy atom. The molecule has 0 unspecified atom stereocenters. The van der Waals surface area contributed by atoms with Crippen LogP contribution in [0.1, 0.15) is 95.4 Å². The summed E-state index contributed by atoms with van der Waals surface area (Å²) < 4.78 is 0. The fourth-order valence-electron chi connectivity index (χ4n) is 11.2. The zero-order valence-electron chi connectivity index (χ0n) is 51.9. The largest absolute Gasteiger partial charge is 0.394 e. The molecule has 9 atom stereocenters. The van der Waals surface area contributed by atoms with Crippen molar-refractivity contribution >= 4 is 92.8 Å². The van der Waals surface area contributed by atoms with E-state index in [0.29, 0.717) is 52.5 Å². The molecule has 10 amide bonds. The van der Waals surface area contributed by atoms with Crippen LogP contribution >= 0.6 is 0 Å². The Balaban J connectivity index is 1.14. The van der Waals surface area contributed by atoms with Crippen molar-refractivity contribution in [1.29, 1.82) is 0 Å². The van der Waals surface area contributed by atoms with Gasteiger partial charge in [0.1, 0.15) is 54.4 Å². The second kappa shape index (κ2) is 33.7. The molecule has 0 saturated carbocycles. The molecule has 5 aromatic rings. The van der Waals surface area contributed by atoms with Gasteiger partial charge in [0, 0.05) is 98.0 Å². The van der Waals surface area contributed by atoms with Crippen LogP contribution in [0.5, 0.6) is 0 Å². The lowest BCUT2D eigenvalue weighted by atomic mass is 10.00. The number of nitrogens with one attached hydrogen (secondary N) is 12. The average molecular weight is 1280 g/mol. The van der Waals surface area contributed by atoms with Crippen LogP contribution in [-0.4, -0.2) is 188 Å². The number of fused-ring (bicyclic) bond motifs is 2. The number of nitrogens with zero attached hydrogens (tertiary/aromatic N) is 4. The van der Waals surface area contributed by atoms with Crippen molar-refractivity contribution < 1.29 is 53.1 Å². The van der Waals surface area contributed by atoms with Crippen LogP contribution in [-0.2, 0) is 67.2 Å². The summed E-state index contributed by atoms with van der Waals surface area (Å²) in [7, 11) is 0. The van der Waals surface area contributed by atoms with Crippen molar-refractivity contribution in [2.45, 2.75) is 152 Å². The SMILES string of the molecule is CCNC(=O)[C@@H]1CCCN1C(=O)[C@H](CCCN=C(N)N)NC(=O)[C@H](CC(C)C)NC(=O)[C@@H](CCCN=C(N)N)NC(=O)[C@H](Cc1c[nH]c2ccccc12)NC(=O)[C@H](CO)NC(=O)[C@H](Cc1c[nH]c2ccccc12)NC(=O)[C@H](Cc1cnc[nH]1)NC(=O)[C@@H]1CCC(=O)N1. The number of likely N-dealkylation sites (N-methyl/N-ethyl adjacent to an activating group) is 1. The number of nitrogens with two attached hydrogens (primary N) is 4. The maximum Gasteiger partial charge on any atom is 0.245 e. The van der Waals surface area contributed by atoms with E-state index in [-0.39, 0.29) is 113 Å². The molecule has 31 nitrogen and oxygen atoms in total. The molecule has 3 aromatic heterocycles. The number of hydrogen-bond acceptors (Lipinski definition) is 14. The predicted octanol–water partition coefficient (Wildman–Crippen LogP) is -2.65. The van der Waals surface area contributed by atoms with Gasteiger partial charge in [-0.1, -0.05) is 50.2 Å². The van der Waals surface area contributed by atoms with Crippen molar-refractivity contribution in [3.05, 3.63) is 90.3 Å². The van der Waals surface area contributed by atoms with Crippen LogP contribution in [0.3, 0.4) is 0 Å². The molecule has 2 saturated heterocycles. The summed E-state index contributed by atoms with van der Waals surface area (Å²) in [5, 5.41) is 36.7. The number of hydrogen-bond donors (Lipinski definition) is 17. The number of rotatable bonds is 34. The molecule has 0 bridgehead atoms. The minimum Gasteiger partial charge on any atom is -0.394 e. The van der Waals surface area contributed by atoms with Crippen molar-refractivity contribution in [3.8, 4) is 0 Å². The van der Waals surface area contributed by atoms with Gasteiger partial charge in [0.15, 0.2) is 11.9 Å². The van der Waals surface area contributed by atoms with Crippen LogP contribution in [0, 0.1) is 5.92 Å². The first-order chi connectivity index (χ1) is 44.1. The number of H-pyrrole nitrogens is 3. The van der Waals surface area contributed by atoms with Crippen LogP contribution in [0.15, 0.2) is 83.4 Å². The lowest BCUT2D eigenvalue weighted by Crippen LogP contribution is -2.61. The molecule has 0 radical (unpaired) electrons. The summed E-state index contributed by atoms with van der Waals surface area (Å²) in [5.41, 5.74) is 25.4. The highest BCUT2D eigenvalue weighted by atomic mass is 16.3. The Labute approximate surface area is 530 Å². The maximum absolute atomic E-state index is 15.0. The second-order valence-electron chi connectivity index (χ2n) is 23.3. The van der Waals surface area contributed by atoms with Gasteiger partial charge >= 0.3 is 0 Å². The number of carbonyl (C=O) groups is 10. The van der Waals surface area contributed by atoms with E-state index < -0.39 is 108 Å². The zero-order chi connectivity index (χ0) is 66.4. The van der Waals surface area contributed by atoms with Crippen LogP contribution in [0.2, 0.25) is 0 Å². The first-order valence-electron chi connectivity index (χ1n) is 30.9. The molecule has 21 N–H and O–H groups in total. The third-order valence-electron chi connectivity index (χ3n) is 15.9. The first-order valence-corrected chi connectivity index (χ1v) is 30.9. The van der Waals surface area contributed by atoms with Gasteiger partial charge in [-0.15, -0.1) is 0 Å². The molecule has 7 rings (SSSR count). The number of benzene rings is 2. The molecule has 31 heteroatoms. The number of aliphatic hydroxyl groups is 1. The van der Waals surface area contributed by atoms with Gasteiger partial charge in [-0.2, -0.15) is 0 Å². The number of imidazole rings is 1. The van der Waals surface area contributed by atoms with Crippen molar-refractivity contribution in [3.63, 3.8) is 0 Å². The standard InChI is InChI=1S/C61H86N20O11/c1-4-67-58(91)49-18-11-23-81(49)59(92)43(17-10-22-69-61(64)65)75-53(86)44(24-33(2)3)76-51(84)41(16-9-21-68-60(62)63)74-54(87)45(25-34-28-70-39-14-7-5-12-37(34)39)78-57(90)48(31-82)80-55(88)46(26-35-29-71-40-15-8-6-13-38(35)40)77-56(89)47(27-36-30-66-32-72-36)79-52(85)42-19-20-50(83)73-42/h5-8,12-15,28-30,32-33,41-49,70-71,82H,4,9-11,16-27,31H2,1-3H3,(H,66,72)(H,67,91)(H,73,83)(H,74,87)(H,75,86)(H,76,84)(H,77,89)(H,78,90)(H,79,85)(H,80,88)(H4,62,63,68)(H4,64,65,69)/t41-,42+,43+,44+,45+,46+,47+,48+,49+/m1/s1. The number of aromatic nitrogens is 4. The second-order valence-corrected chi connectivity index (χ2v) is 23.3. The Bertz CT molecular complexity index is 3450. The third kappa shape index (κ3) is 19.7. The van der Waals surface area contributed by atoms with Crippen LogP contribution in [0.25, 0.3) is 21.8 Å². The Morgan fingerprint density at radius 3 is 1.65 bits per heavy atom. The van der Waals surface area contributed by atoms with E-state index in [0.717, 1.165) is 5.52 Å². The fraction of sp³-hybridized carbons (Fsp3) is 0.492. The highest BCUT2D eigenvalue weighted by Crippen LogP contribution is 2.23. The molecule has 0 spiro atoms. The minimum atomic E-state index is -1.77. The smallest absolute Gasteiger partial charge is 0.245 e. The summed E-state index contributed by atoms with van der Waals surface area (Å²) in [6.45, 7) is 5.15. The third-order valence-corrected chi connectivity index (χ3v) is 15.9. The van der Waals surface area contributed by atoms with Gasteiger partial charge in [0.2, 0.25) is 59.1 Å². The summed E-state index contributed by atoms with van der Waals surface area (Å²) in [5.74, 6) is -7.66. The topological polar surface area (TPSA) is 491 Å². The number of amides is 10. The van der Waals surface area contributed by atoms with E-state index >= 15 is 4.79 Å². The molecule has 0 aliphatic carbocycles. The summed E-state index contributed by atoms with van der Waals surface area (Å²) >= 11 is 0. The lowest BCUT2D eigenvalue weighted by Gasteiger charge is -2.30. The number of likely N-dealkylation sites (tertiary alicyclic amines) is 1. The highest BCUT2D eigenvalue weighted by Gasteiger charge is 2.40. The van der Waals surface area contributed by atoms with Gasteiger partial charge in [-0.05, 0) is 87.5 Å². The van der Waals surface area contributed by atoms with Gasteiger partial charge in [-0.25, -0.2) is 4.98 Å². The summed E-state index contributed by atoms with van der Waals surface area (Å²) in [4.78, 5) is 164. The average Bonchev–Trinajstić information content (AvgIpc) is 1.76. The summed E-state index contributed by atoms with van der Waals surface area (Å²) in [6, 6.07) is 2.74. The quantitative estimate of drug-likeness (QED) is 0.0114. The van der Waals surface area contributed by atoms with Crippen LogP contribution in [0.4, 0.5) is 0 Å². The van der Waals surface area contributed by atoms with Crippen molar-refractivity contribution in [1.82, 2.24) is 72.7 Å². The van der Waals surface area contributed by atoms with Gasteiger partial charge in [0.25, 0.3) is 0 Å². The van der Waals surface area contributed by atoms with Gasteiger partial charge in [-0.3, -0.25) is 57.9 Å². The Hall–Kier alpha value is -10.1. The number of aliphatic imine (C=N–C) groups is 2. The molecule has 496 valence electrons.